The first-order valence-corrected chi connectivity index (χ1v) is 12.2. The maximum absolute atomic E-state index is 13.9. The molecule has 3 heterocycles. The fourth-order valence-corrected chi connectivity index (χ4v) is 5.47. The summed E-state index contributed by atoms with van der Waals surface area (Å²) in [6.45, 7) is 2.38. The summed E-state index contributed by atoms with van der Waals surface area (Å²) in [5, 5.41) is 0. The van der Waals surface area contributed by atoms with Crippen molar-refractivity contribution >= 4 is 17.5 Å². The molecule has 2 aromatic rings. The van der Waals surface area contributed by atoms with E-state index in [4.69, 9.17) is 18.9 Å². The second-order valence-corrected chi connectivity index (χ2v) is 9.26. The average molecular weight is 481 g/mol. The third kappa shape index (κ3) is 4.60. The summed E-state index contributed by atoms with van der Waals surface area (Å²) in [5.41, 5.74) is 1.66. The molecular formula is C27H32N2O6. The molecule has 8 nitrogen and oxygen atoms in total. The summed E-state index contributed by atoms with van der Waals surface area (Å²) < 4.78 is 22.3. The number of carbonyl (C=O) groups excluding carboxylic acids is 2. The zero-order valence-electron chi connectivity index (χ0n) is 20.3. The Kier molecular flexibility index (Phi) is 6.67. The van der Waals surface area contributed by atoms with Crippen molar-refractivity contribution in [2.75, 3.05) is 45.4 Å². The van der Waals surface area contributed by atoms with Crippen LogP contribution >= 0.6 is 0 Å². The molecule has 2 aromatic carbocycles. The highest BCUT2D eigenvalue weighted by molar-refractivity contribution is 5.97. The van der Waals surface area contributed by atoms with Crippen LogP contribution in [0.2, 0.25) is 0 Å². The number of anilines is 1. The first kappa shape index (κ1) is 23.6. The van der Waals surface area contributed by atoms with Crippen molar-refractivity contribution in [3.05, 3.63) is 54.1 Å². The van der Waals surface area contributed by atoms with Crippen LogP contribution in [0.1, 0.15) is 37.3 Å². The van der Waals surface area contributed by atoms with Gasteiger partial charge < -0.3 is 28.7 Å². The Balaban J connectivity index is 1.46. The van der Waals surface area contributed by atoms with Crippen LogP contribution in [0.5, 0.6) is 11.5 Å². The lowest BCUT2D eigenvalue weighted by molar-refractivity contribution is -0.188. The lowest BCUT2D eigenvalue weighted by Gasteiger charge is -2.44. The van der Waals surface area contributed by atoms with Crippen LogP contribution in [0.25, 0.3) is 0 Å². The molecular weight excluding hydrogens is 448 g/mol. The molecule has 2 unspecified atom stereocenters. The standard InChI is InChI=1S/C27H32N2O6/c1-32-21-7-3-19(4-8-21)25-23(26(31)28-15-13-27(14-16-28)34-17-18-35-27)11-12-24(30)29(25)20-5-9-22(33-2)10-6-20/h3-10,23,25H,11-18H2,1-2H3. The van der Waals surface area contributed by atoms with E-state index in [9.17, 15) is 9.59 Å². The second-order valence-electron chi connectivity index (χ2n) is 9.26. The van der Waals surface area contributed by atoms with Gasteiger partial charge in [-0.05, 0) is 48.4 Å². The summed E-state index contributed by atoms with van der Waals surface area (Å²) in [7, 11) is 3.23. The fourth-order valence-electron chi connectivity index (χ4n) is 5.47. The highest BCUT2D eigenvalue weighted by atomic mass is 16.7. The van der Waals surface area contributed by atoms with Crippen molar-refractivity contribution < 1.29 is 28.5 Å². The van der Waals surface area contributed by atoms with Crippen LogP contribution in [-0.2, 0) is 19.1 Å². The number of carbonyl (C=O) groups is 2. The van der Waals surface area contributed by atoms with E-state index in [1.165, 1.54) is 0 Å². The monoisotopic (exact) mass is 480 g/mol. The van der Waals surface area contributed by atoms with E-state index in [0.717, 1.165) is 17.0 Å². The zero-order chi connectivity index (χ0) is 24.4. The van der Waals surface area contributed by atoms with Gasteiger partial charge in [0.1, 0.15) is 11.5 Å². The smallest absolute Gasteiger partial charge is 0.228 e. The predicted octanol–water partition coefficient (Wildman–Crippen LogP) is 3.55. The summed E-state index contributed by atoms with van der Waals surface area (Å²) >= 11 is 0. The molecule has 0 N–H and O–H groups in total. The van der Waals surface area contributed by atoms with E-state index in [0.29, 0.717) is 57.7 Å². The Bertz CT molecular complexity index is 1040. The Labute approximate surface area is 205 Å². The molecule has 186 valence electrons. The number of piperidine rings is 2. The molecule has 3 saturated heterocycles. The minimum absolute atomic E-state index is 0.00499. The van der Waals surface area contributed by atoms with Gasteiger partial charge in [-0.2, -0.15) is 0 Å². The molecule has 0 radical (unpaired) electrons. The van der Waals surface area contributed by atoms with Crippen molar-refractivity contribution in [1.82, 2.24) is 4.90 Å². The van der Waals surface area contributed by atoms with Gasteiger partial charge in [0, 0.05) is 38.0 Å². The van der Waals surface area contributed by atoms with E-state index < -0.39 is 11.8 Å². The zero-order valence-corrected chi connectivity index (χ0v) is 20.3. The minimum Gasteiger partial charge on any atom is -0.497 e. The van der Waals surface area contributed by atoms with E-state index in [1.54, 1.807) is 19.1 Å². The van der Waals surface area contributed by atoms with Crippen molar-refractivity contribution in [3.8, 4) is 11.5 Å². The first-order valence-electron chi connectivity index (χ1n) is 12.2. The average Bonchev–Trinajstić information content (AvgIpc) is 3.36. The van der Waals surface area contributed by atoms with E-state index in [2.05, 4.69) is 0 Å². The molecule has 3 aliphatic heterocycles. The number of amides is 2. The van der Waals surface area contributed by atoms with E-state index >= 15 is 0 Å². The highest BCUT2D eigenvalue weighted by Crippen LogP contribution is 2.42. The number of likely N-dealkylation sites (tertiary alicyclic amines) is 1. The van der Waals surface area contributed by atoms with Gasteiger partial charge >= 0.3 is 0 Å². The predicted molar refractivity (Wildman–Crippen MR) is 129 cm³/mol. The maximum Gasteiger partial charge on any atom is 0.228 e. The Morgan fingerprint density at radius 3 is 2.06 bits per heavy atom. The molecule has 0 bridgehead atoms. The quantitative estimate of drug-likeness (QED) is 0.651. The molecule has 0 aromatic heterocycles. The molecule has 0 aliphatic carbocycles. The summed E-state index contributed by atoms with van der Waals surface area (Å²) in [5.74, 6) is 0.625. The van der Waals surface area contributed by atoms with Crippen molar-refractivity contribution in [2.45, 2.75) is 37.5 Å². The van der Waals surface area contributed by atoms with Gasteiger partial charge in [-0.1, -0.05) is 12.1 Å². The Hall–Kier alpha value is -3.10. The molecule has 3 aliphatic rings. The van der Waals surface area contributed by atoms with Gasteiger partial charge in [-0.3, -0.25) is 9.59 Å². The van der Waals surface area contributed by atoms with Gasteiger partial charge in [0.15, 0.2) is 5.79 Å². The number of hydrogen-bond donors (Lipinski definition) is 0. The van der Waals surface area contributed by atoms with Crippen LogP contribution in [0.15, 0.2) is 48.5 Å². The van der Waals surface area contributed by atoms with Gasteiger partial charge in [-0.15, -0.1) is 0 Å². The molecule has 5 rings (SSSR count). The fraction of sp³-hybridized carbons (Fsp3) is 0.481. The second kappa shape index (κ2) is 9.87. The van der Waals surface area contributed by atoms with Crippen molar-refractivity contribution in [2.24, 2.45) is 5.92 Å². The van der Waals surface area contributed by atoms with Crippen LogP contribution in [0, 0.1) is 5.92 Å². The molecule has 35 heavy (non-hydrogen) atoms. The van der Waals surface area contributed by atoms with Crippen molar-refractivity contribution in [1.29, 1.82) is 0 Å². The van der Waals surface area contributed by atoms with Crippen LogP contribution < -0.4 is 14.4 Å². The summed E-state index contributed by atoms with van der Waals surface area (Å²) in [6, 6.07) is 14.7. The minimum atomic E-state index is -0.538. The van der Waals surface area contributed by atoms with Gasteiger partial charge in [0.05, 0.1) is 39.4 Å². The molecule has 1 spiro atoms. The SMILES string of the molecule is COc1ccc(C2C(C(=O)N3CCC4(CC3)OCCO4)CCC(=O)N2c2ccc(OC)cc2)cc1. The molecule has 2 amide bonds. The van der Waals surface area contributed by atoms with Crippen LogP contribution in [0.3, 0.4) is 0 Å². The molecule has 3 fully saturated rings. The van der Waals surface area contributed by atoms with Crippen molar-refractivity contribution in [3.63, 3.8) is 0 Å². The van der Waals surface area contributed by atoms with Crippen LogP contribution in [-0.4, -0.2) is 63.0 Å². The topological polar surface area (TPSA) is 77.5 Å². The lowest BCUT2D eigenvalue weighted by Crippen LogP contribution is -2.53. The molecule has 0 saturated carbocycles. The number of methoxy groups -OCH3 is 2. The number of ether oxygens (including phenoxy) is 4. The van der Waals surface area contributed by atoms with Crippen LogP contribution in [0.4, 0.5) is 5.69 Å². The highest BCUT2D eigenvalue weighted by Gasteiger charge is 2.46. The lowest BCUT2D eigenvalue weighted by atomic mass is 9.82. The normalized spacial score (nSPS) is 24.0. The Morgan fingerprint density at radius 1 is 0.914 bits per heavy atom. The summed E-state index contributed by atoms with van der Waals surface area (Å²) in [4.78, 5) is 30.9. The third-order valence-corrected chi connectivity index (χ3v) is 7.37. The largest absolute Gasteiger partial charge is 0.497 e. The Morgan fingerprint density at radius 2 is 1.49 bits per heavy atom. The molecule has 8 heteroatoms. The number of nitrogens with zero attached hydrogens (tertiary/aromatic N) is 2. The maximum atomic E-state index is 13.9. The third-order valence-electron chi connectivity index (χ3n) is 7.37. The number of benzene rings is 2. The van der Waals surface area contributed by atoms with E-state index in [1.807, 2.05) is 53.4 Å². The van der Waals surface area contributed by atoms with Gasteiger partial charge in [-0.25, -0.2) is 0 Å². The number of rotatable bonds is 5. The van der Waals surface area contributed by atoms with Gasteiger partial charge in [0.2, 0.25) is 11.8 Å². The summed E-state index contributed by atoms with van der Waals surface area (Å²) in [6.07, 6.45) is 2.16. The van der Waals surface area contributed by atoms with Gasteiger partial charge in [0.25, 0.3) is 0 Å². The first-order chi connectivity index (χ1) is 17.0. The van der Waals surface area contributed by atoms with E-state index in [-0.39, 0.29) is 17.7 Å². The number of hydrogen-bond acceptors (Lipinski definition) is 6. The molecule has 2 atom stereocenters.